The molecule has 1 aliphatic carbocycles. The molecule has 0 saturated heterocycles. The van der Waals surface area contributed by atoms with E-state index in [9.17, 15) is 4.79 Å². The second-order valence-electron chi connectivity index (χ2n) is 3.10. The number of hydrogen-bond acceptors (Lipinski definition) is 3. The minimum Gasteiger partial charge on any atom is -0.319 e. The van der Waals surface area contributed by atoms with Crippen LogP contribution in [-0.2, 0) is 4.79 Å². The van der Waals surface area contributed by atoms with Crippen LogP contribution in [0.25, 0.3) is 0 Å². The van der Waals surface area contributed by atoms with Crippen LogP contribution in [0.1, 0.15) is 19.3 Å². The summed E-state index contributed by atoms with van der Waals surface area (Å²) in [7, 11) is 0. The fourth-order valence-corrected chi connectivity index (χ4v) is 1.51. The van der Waals surface area contributed by atoms with E-state index in [1.807, 2.05) is 0 Å². The van der Waals surface area contributed by atoms with Gasteiger partial charge < -0.3 is 4.84 Å². The van der Waals surface area contributed by atoms with Crippen LogP contribution >= 0.6 is 22.6 Å². The van der Waals surface area contributed by atoms with E-state index >= 15 is 0 Å². The van der Waals surface area contributed by atoms with Gasteiger partial charge in [-0.25, -0.2) is 4.79 Å². The van der Waals surface area contributed by atoms with Crippen molar-refractivity contribution in [3.05, 3.63) is 16.0 Å². The number of carbonyl (C=O) groups is 1. The molecule has 5 heteroatoms. The van der Waals surface area contributed by atoms with Crippen LogP contribution in [0.3, 0.4) is 0 Å². The molecule has 0 atom stereocenters. The zero-order chi connectivity index (χ0) is 9.26. The maximum absolute atomic E-state index is 11.3. The average Bonchev–Trinajstić information content (AvgIpc) is 2.31. The third-order valence-electron chi connectivity index (χ3n) is 2.15. The van der Waals surface area contributed by atoms with Gasteiger partial charge in [0.25, 0.3) is 0 Å². The van der Waals surface area contributed by atoms with Crippen LogP contribution < -0.4 is 4.84 Å². The number of aromatic nitrogens is 2. The van der Waals surface area contributed by atoms with E-state index in [0.717, 1.165) is 22.8 Å². The Hall–Kier alpha value is -0.590. The Balaban J connectivity index is 1.93. The van der Waals surface area contributed by atoms with E-state index in [2.05, 4.69) is 27.7 Å². The summed E-state index contributed by atoms with van der Waals surface area (Å²) >= 11 is 2.11. The highest BCUT2D eigenvalue weighted by Gasteiger charge is 2.27. The molecular weight excluding hydrogens is 283 g/mol. The highest BCUT2D eigenvalue weighted by Crippen LogP contribution is 2.26. The largest absolute Gasteiger partial charge is 0.337 e. The lowest BCUT2D eigenvalue weighted by Crippen LogP contribution is -2.31. The molecule has 1 aliphatic rings. The van der Waals surface area contributed by atoms with Crippen molar-refractivity contribution >= 4 is 28.6 Å². The van der Waals surface area contributed by atoms with Gasteiger partial charge in [-0.1, -0.05) is 11.3 Å². The third-order valence-corrected chi connectivity index (χ3v) is 2.71. The lowest BCUT2D eigenvalue weighted by molar-refractivity contribution is -0.153. The summed E-state index contributed by atoms with van der Waals surface area (Å²) in [6.07, 6.45) is 6.37. The Kier molecular flexibility index (Phi) is 2.52. The average molecular weight is 292 g/mol. The van der Waals surface area contributed by atoms with Crippen LogP contribution in [0.2, 0.25) is 0 Å². The molecule has 1 fully saturated rings. The number of nitrogens with zero attached hydrogens (tertiary/aromatic N) is 2. The Bertz CT molecular complexity index is 320. The topological polar surface area (TPSA) is 44.1 Å². The second-order valence-corrected chi connectivity index (χ2v) is 4.34. The molecular formula is C8H9IN2O2. The summed E-state index contributed by atoms with van der Waals surface area (Å²) in [5, 5.41) is 3.86. The SMILES string of the molecule is O=C(On1cc(I)cn1)C1CCC1. The number of rotatable bonds is 2. The first-order chi connectivity index (χ1) is 6.25. The number of halogens is 1. The maximum atomic E-state index is 11.3. The van der Waals surface area contributed by atoms with Gasteiger partial charge >= 0.3 is 5.97 Å². The van der Waals surface area contributed by atoms with Gasteiger partial charge in [0.15, 0.2) is 0 Å². The normalized spacial score (nSPS) is 16.7. The first kappa shape index (κ1) is 8.98. The summed E-state index contributed by atoms with van der Waals surface area (Å²) < 4.78 is 0.957. The molecule has 2 rings (SSSR count). The van der Waals surface area contributed by atoms with Gasteiger partial charge in [-0.05, 0) is 35.4 Å². The predicted octanol–water partition coefficient (Wildman–Crippen LogP) is 1.24. The zero-order valence-corrected chi connectivity index (χ0v) is 9.10. The van der Waals surface area contributed by atoms with Crippen molar-refractivity contribution < 1.29 is 9.63 Å². The molecule has 4 nitrogen and oxygen atoms in total. The van der Waals surface area contributed by atoms with Crippen LogP contribution in [0.15, 0.2) is 12.4 Å². The van der Waals surface area contributed by atoms with Crippen molar-refractivity contribution in [2.24, 2.45) is 5.92 Å². The van der Waals surface area contributed by atoms with E-state index in [0.29, 0.717) is 0 Å². The van der Waals surface area contributed by atoms with Gasteiger partial charge in [0.2, 0.25) is 0 Å². The zero-order valence-electron chi connectivity index (χ0n) is 6.94. The van der Waals surface area contributed by atoms with Crippen molar-refractivity contribution in [3.63, 3.8) is 0 Å². The van der Waals surface area contributed by atoms with E-state index in [1.165, 1.54) is 4.85 Å². The number of carbonyl (C=O) groups excluding carboxylic acids is 1. The standard InChI is InChI=1S/C8H9IN2O2/c9-7-4-10-11(5-7)13-8(12)6-2-1-3-6/h4-6H,1-3H2. The quantitative estimate of drug-likeness (QED) is 0.770. The van der Waals surface area contributed by atoms with Crippen molar-refractivity contribution in [1.29, 1.82) is 0 Å². The highest BCUT2D eigenvalue weighted by atomic mass is 127. The molecule has 1 aromatic heterocycles. The molecule has 0 spiro atoms. The summed E-state index contributed by atoms with van der Waals surface area (Å²) in [5.74, 6) is -0.0624. The predicted molar refractivity (Wildman–Crippen MR) is 53.9 cm³/mol. The van der Waals surface area contributed by atoms with Gasteiger partial charge in [0, 0.05) is 0 Å². The Labute approximate surface area is 89.3 Å². The van der Waals surface area contributed by atoms with Gasteiger partial charge in [-0.3, -0.25) is 0 Å². The second kappa shape index (κ2) is 3.65. The molecule has 0 radical (unpaired) electrons. The van der Waals surface area contributed by atoms with Crippen molar-refractivity contribution in [2.45, 2.75) is 19.3 Å². The van der Waals surface area contributed by atoms with Crippen molar-refractivity contribution in [2.75, 3.05) is 0 Å². The fraction of sp³-hybridized carbons (Fsp3) is 0.500. The minimum absolute atomic E-state index is 0.0989. The van der Waals surface area contributed by atoms with E-state index in [-0.39, 0.29) is 11.9 Å². The molecule has 1 aromatic rings. The first-order valence-corrected chi connectivity index (χ1v) is 5.26. The number of hydrogen-bond donors (Lipinski definition) is 0. The smallest absolute Gasteiger partial charge is 0.319 e. The van der Waals surface area contributed by atoms with Crippen molar-refractivity contribution in [1.82, 2.24) is 9.94 Å². The fourth-order valence-electron chi connectivity index (χ4n) is 1.14. The molecule has 0 N–H and O–H groups in total. The highest BCUT2D eigenvalue weighted by molar-refractivity contribution is 14.1. The van der Waals surface area contributed by atoms with Crippen LogP contribution in [-0.4, -0.2) is 15.9 Å². The van der Waals surface area contributed by atoms with Gasteiger partial charge in [-0.15, -0.1) is 5.10 Å². The molecule has 0 aliphatic heterocycles. The summed E-state index contributed by atoms with van der Waals surface area (Å²) in [4.78, 5) is 17.5. The van der Waals surface area contributed by atoms with Gasteiger partial charge in [-0.2, -0.15) is 0 Å². The first-order valence-electron chi connectivity index (χ1n) is 4.18. The monoisotopic (exact) mass is 292 g/mol. The van der Waals surface area contributed by atoms with Gasteiger partial charge in [0.05, 0.1) is 21.9 Å². The van der Waals surface area contributed by atoms with Crippen molar-refractivity contribution in [3.8, 4) is 0 Å². The van der Waals surface area contributed by atoms with Crippen LogP contribution in [0.5, 0.6) is 0 Å². The molecule has 0 amide bonds. The molecule has 70 valence electrons. The molecule has 0 unspecified atom stereocenters. The van der Waals surface area contributed by atoms with Gasteiger partial charge in [0.1, 0.15) is 0 Å². The molecule has 0 bridgehead atoms. The Morgan fingerprint density at radius 1 is 1.69 bits per heavy atom. The molecule has 1 saturated carbocycles. The Morgan fingerprint density at radius 3 is 2.92 bits per heavy atom. The summed E-state index contributed by atoms with van der Waals surface area (Å²) in [5.41, 5.74) is 0. The molecule has 1 heterocycles. The Morgan fingerprint density at radius 2 is 2.46 bits per heavy atom. The van der Waals surface area contributed by atoms with Crippen LogP contribution in [0, 0.1) is 9.49 Å². The maximum Gasteiger partial charge on any atom is 0.337 e. The lowest BCUT2D eigenvalue weighted by Gasteiger charge is -2.22. The molecule has 13 heavy (non-hydrogen) atoms. The minimum atomic E-state index is -0.161. The summed E-state index contributed by atoms with van der Waals surface area (Å²) in [6, 6.07) is 0. The molecule has 0 aromatic carbocycles. The summed E-state index contributed by atoms with van der Waals surface area (Å²) in [6.45, 7) is 0. The van der Waals surface area contributed by atoms with E-state index in [4.69, 9.17) is 4.84 Å². The van der Waals surface area contributed by atoms with E-state index < -0.39 is 0 Å². The lowest BCUT2D eigenvalue weighted by atomic mass is 9.86. The van der Waals surface area contributed by atoms with E-state index in [1.54, 1.807) is 12.4 Å². The van der Waals surface area contributed by atoms with Crippen LogP contribution in [0.4, 0.5) is 0 Å². The third kappa shape index (κ3) is 2.01.